The number of hydrogen-bond acceptors (Lipinski definition) is 5. The highest BCUT2D eigenvalue weighted by molar-refractivity contribution is 6.00. The Morgan fingerprint density at radius 3 is 2.87 bits per heavy atom. The van der Waals surface area contributed by atoms with Crippen LogP contribution in [-0.2, 0) is 24.1 Å². The van der Waals surface area contributed by atoms with E-state index < -0.39 is 29.2 Å². The van der Waals surface area contributed by atoms with Gasteiger partial charge in [-0.25, -0.2) is 4.39 Å². The molecule has 3 aliphatic heterocycles. The summed E-state index contributed by atoms with van der Waals surface area (Å²) in [6, 6.07) is 4.71. The standard InChI is InChI=1S/C22H22FN3O5/c1-2-11-4-3-5-12(16(11)23)10-24-20(29)15-13-6-7-14-22-25(8-9-31-22)21(30)17(26(13)14)19(28)18(15)27/h3-5,14,22,28H,2,6-10H2,1H3,(H,24,29). The number of amides is 2. The maximum absolute atomic E-state index is 14.5. The van der Waals surface area contributed by atoms with Gasteiger partial charge in [0, 0.05) is 24.3 Å². The van der Waals surface area contributed by atoms with Crippen molar-refractivity contribution in [1.29, 1.82) is 0 Å². The molecule has 1 saturated heterocycles. The first-order valence-corrected chi connectivity index (χ1v) is 10.4. The van der Waals surface area contributed by atoms with Crippen molar-refractivity contribution >= 4 is 11.8 Å². The van der Waals surface area contributed by atoms with E-state index in [1.54, 1.807) is 22.8 Å². The lowest BCUT2D eigenvalue weighted by atomic mass is 10.1. The van der Waals surface area contributed by atoms with Crippen molar-refractivity contribution in [2.24, 2.45) is 0 Å². The van der Waals surface area contributed by atoms with Crippen molar-refractivity contribution in [3.05, 3.63) is 62.3 Å². The summed E-state index contributed by atoms with van der Waals surface area (Å²) in [5.41, 5.74) is 0.104. The second kappa shape index (κ2) is 7.19. The zero-order valence-electron chi connectivity index (χ0n) is 17.0. The number of pyridine rings is 1. The number of rotatable bonds is 4. The first kappa shape index (κ1) is 19.7. The van der Waals surface area contributed by atoms with Crippen molar-refractivity contribution in [3.8, 4) is 5.75 Å². The summed E-state index contributed by atoms with van der Waals surface area (Å²) in [6.45, 7) is 2.53. The Labute approximate surface area is 177 Å². The Kier molecular flexibility index (Phi) is 4.58. The topological polar surface area (TPSA) is 101 Å². The number of carbonyl (C=O) groups is 2. The highest BCUT2D eigenvalue weighted by atomic mass is 19.1. The van der Waals surface area contributed by atoms with Crippen molar-refractivity contribution in [2.75, 3.05) is 13.2 Å². The van der Waals surface area contributed by atoms with Gasteiger partial charge in [0.2, 0.25) is 5.43 Å². The predicted octanol–water partition coefficient (Wildman–Crippen LogP) is 1.48. The Balaban J connectivity index is 1.52. The van der Waals surface area contributed by atoms with Crippen LogP contribution < -0.4 is 10.7 Å². The lowest BCUT2D eigenvalue weighted by Crippen LogP contribution is -2.48. The Hall–Kier alpha value is -3.20. The molecule has 2 atom stereocenters. The van der Waals surface area contributed by atoms with Crippen LogP contribution in [-0.4, -0.2) is 45.8 Å². The van der Waals surface area contributed by atoms with Crippen LogP contribution in [0.25, 0.3) is 0 Å². The van der Waals surface area contributed by atoms with Crippen LogP contribution in [0.2, 0.25) is 0 Å². The number of halogens is 1. The molecule has 5 rings (SSSR count). The maximum Gasteiger partial charge on any atom is 0.276 e. The van der Waals surface area contributed by atoms with Crippen LogP contribution in [0, 0.1) is 5.82 Å². The summed E-state index contributed by atoms with van der Waals surface area (Å²) in [5.74, 6) is -2.28. The first-order chi connectivity index (χ1) is 14.9. The molecular formula is C22H22FN3O5. The van der Waals surface area contributed by atoms with Gasteiger partial charge in [0.15, 0.2) is 17.7 Å². The number of nitrogens with zero attached hydrogens (tertiary/aromatic N) is 2. The molecular weight excluding hydrogens is 405 g/mol. The zero-order valence-corrected chi connectivity index (χ0v) is 17.0. The van der Waals surface area contributed by atoms with Crippen molar-refractivity contribution in [2.45, 2.75) is 45.0 Å². The molecule has 0 aliphatic carbocycles. The molecule has 31 heavy (non-hydrogen) atoms. The van der Waals surface area contributed by atoms with Gasteiger partial charge in [0.1, 0.15) is 11.4 Å². The normalized spacial score (nSPS) is 21.2. The number of carbonyl (C=O) groups excluding carboxylic acids is 2. The lowest BCUT2D eigenvalue weighted by Gasteiger charge is -2.36. The molecule has 2 unspecified atom stereocenters. The predicted molar refractivity (Wildman–Crippen MR) is 107 cm³/mol. The van der Waals surface area contributed by atoms with E-state index in [4.69, 9.17) is 4.74 Å². The summed E-state index contributed by atoms with van der Waals surface area (Å²) in [4.78, 5) is 40.3. The molecule has 1 fully saturated rings. The van der Waals surface area contributed by atoms with Gasteiger partial charge in [-0.1, -0.05) is 25.1 Å². The minimum absolute atomic E-state index is 0.0810. The van der Waals surface area contributed by atoms with E-state index in [2.05, 4.69) is 5.32 Å². The van der Waals surface area contributed by atoms with Gasteiger partial charge in [-0.15, -0.1) is 0 Å². The largest absolute Gasteiger partial charge is 0.503 e. The van der Waals surface area contributed by atoms with Crippen molar-refractivity contribution in [1.82, 2.24) is 14.8 Å². The summed E-state index contributed by atoms with van der Waals surface area (Å²) in [6.07, 6.45) is 1.03. The number of nitrogens with one attached hydrogen (secondary N) is 1. The molecule has 162 valence electrons. The van der Waals surface area contributed by atoms with Crippen LogP contribution in [0.4, 0.5) is 4.39 Å². The summed E-state index contributed by atoms with van der Waals surface area (Å²) in [7, 11) is 0. The molecule has 4 heterocycles. The number of hydrogen-bond donors (Lipinski definition) is 2. The van der Waals surface area contributed by atoms with Gasteiger partial charge in [0.05, 0.1) is 12.6 Å². The van der Waals surface area contributed by atoms with Crippen LogP contribution in [0.1, 0.15) is 57.1 Å². The van der Waals surface area contributed by atoms with E-state index in [-0.39, 0.29) is 29.7 Å². The van der Waals surface area contributed by atoms with Crippen LogP contribution in [0.5, 0.6) is 5.75 Å². The van der Waals surface area contributed by atoms with E-state index in [9.17, 15) is 23.9 Å². The molecule has 0 saturated carbocycles. The van der Waals surface area contributed by atoms with Crippen LogP contribution >= 0.6 is 0 Å². The summed E-state index contributed by atoms with van der Waals surface area (Å²) in [5, 5.41) is 13.2. The highest BCUT2D eigenvalue weighted by Gasteiger charge is 2.49. The minimum Gasteiger partial charge on any atom is -0.503 e. The molecule has 0 radical (unpaired) electrons. The van der Waals surface area contributed by atoms with Gasteiger partial charge >= 0.3 is 0 Å². The summed E-state index contributed by atoms with van der Waals surface area (Å²) >= 11 is 0. The number of aryl methyl sites for hydroxylation is 1. The molecule has 1 aromatic heterocycles. The minimum atomic E-state index is -0.880. The van der Waals surface area contributed by atoms with Gasteiger partial charge in [-0.3, -0.25) is 14.4 Å². The van der Waals surface area contributed by atoms with Gasteiger partial charge < -0.3 is 24.6 Å². The third-order valence-corrected chi connectivity index (χ3v) is 6.42. The fourth-order valence-electron chi connectivity index (χ4n) is 4.93. The van der Waals surface area contributed by atoms with E-state index in [0.29, 0.717) is 49.2 Å². The lowest BCUT2D eigenvalue weighted by molar-refractivity contribution is -0.0124. The van der Waals surface area contributed by atoms with Gasteiger partial charge in [-0.05, 0) is 24.8 Å². The van der Waals surface area contributed by atoms with E-state index in [1.807, 2.05) is 6.92 Å². The number of aromatic hydroxyl groups is 1. The molecule has 1 aromatic carbocycles. The molecule has 2 aromatic rings. The smallest absolute Gasteiger partial charge is 0.276 e. The second-order valence-electron chi connectivity index (χ2n) is 8.01. The molecule has 3 aliphatic rings. The third kappa shape index (κ3) is 2.79. The van der Waals surface area contributed by atoms with E-state index in [0.717, 1.165) is 0 Å². The molecule has 0 bridgehead atoms. The van der Waals surface area contributed by atoms with Gasteiger partial charge in [-0.2, -0.15) is 0 Å². The Bertz CT molecular complexity index is 1170. The SMILES string of the molecule is CCc1cccc(CNC(=O)c2c3n4c(c(O)c2=O)C(=O)N2CCOC2C4CC3)c1F. The average molecular weight is 427 g/mol. The fourth-order valence-corrected chi connectivity index (χ4v) is 4.93. The monoisotopic (exact) mass is 427 g/mol. The van der Waals surface area contributed by atoms with Crippen LogP contribution in [0.15, 0.2) is 23.0 Å². The summed E-state index contributed by atoms with van der Waals surface area (Å²) < 4.78 is 21.8. The number of aromatic nitrogens is 1. The average Bonchev–Trinajstić information content (AvgIpc) is 3.41. The molecule has 9 heteroatoms. The van der Waals surface area contributed by atoms with E-state index in [1.165, 1.54) is 4.90 Å². The molecule has 2 amide bonds. The second-order valence-corrected chi connectivity index (χ2v) is 8.01. The maximum atomic E-state index is 14.5. The number of ether oxygens (including phenoxy) is 1. The molecule has 8 nitrogen and oxygen atoms in total. The number of benzene rings is 1. The zero-order chi connectivity index (χ0) is 21.9. The third-order valence-electron chi connectivity index (χ3n) is 6.42. The highest BCUT2D eigenvalue weighted by Crippen LogP contribution is 2.41. The molecule has 0 spiro atoms. The fraction of sp³-hybridized carbons (Fsp3) is 0.409. The Morgan fingerprint density at radius 2 is 2.10 bits per heavy atom. The van der Waals surface area contributed by atoms with Gasteiger partial charge in [0.25, 0.3) is 11.8 Å². The van der Waals surface area contributed by atoms with Crippen molar-refractivity contribution < 1.29 is 23.8 Å². The van der Waals surface area contributed by atoms with Crippen LogP contribution in [0.3, 0.4) is 0 Å². The van der Waals surface area contributed by atoms with E-state index >= 15 is 0 Å². The Morgan fingerprint density at radius 1 is 1.32 bits per heavy atom. The molecule has 2 N–H and O–H groups in total. The first-order valence-electron chi connectivity index (χ1n) is 10.4. The quantitative estimate of drug-likeness (QED) is 0.770. The number of fused-ring (bicyclic) bond motifs is 2. The van der Waals surface area contributed by atoms with Crippen molar-refractivity contribution in [3.63, 3.8) is 0 Å².